The van der Waals surface area contributed by atoms with Gasteiger partial charge in [0.15, 0.2) is 18.1 Å². The van der Waals surface area contributed by atoms with Gasteiger partial charge in [-0.15, -0.1) is 0 Å². The summed E-state index contributed by atoms with van der Waals surface area (Å²) in [6.07, 6.45) is 1.38. The van der Waals surface area contributed by atoms with Crippen LogP contribution in [0.15, 0.2) is 47.6 Å². The second kappa shape index (κ2) is 9.81. The van der Waals surface area contributed by atoms with E-state index in [0.717, 1.165) is 0 Å². The van der Waals surface area contributed by atoms with Gasteiger partial charge in [-0.1, -0.05) is 0 Å². The zero-order valence-electron chi connectivity index (χ0n) is 15.0. The van der Waals surface area contributed by atoms with E-state index in [4.69, 9.17) is 14.2 Å². The minimum absolute atomic E-state index is 0.0256. The Morgan fingerprint density at radius 2 is 1.93 bits per heavy atom. The Morgan fingerprint density at radius 1 is 1.19 bits per heavy atom. The van der Waals surface area contributed by atoms with Gasteiger partial charge >= 0.3 is 5.97 Å². The molecule has 0 radical (unpaired) electrons. The van der Waals surface area contributed by atoms with Crippen LogP contribution in [0.5, 0.6) is 17.2 Å². The maximum atomic E-state index is 11.7. The van der Waals surface area contributed by atoms with Crippen molar-refractivity contribution in [1.82, 2.24) is 5.43 Å². The molecule has 0 heterocycles. The predicted molar refractivity (Wildman–Crippen MR) is 98.3 cm³/mol. The summed E-state index contributed by atoms with van der Waals surface area (Å²) in [6.45, 7) is 1.78. The molecule has 1 amide bonds. The molecular weight excluding hydrogens is 352 g/mol. The molecule has 0 spiro atoms. The van der Waals surface area contributed by atoms with Gasteiger partial charge in [0.25, 0.3) is 5.91 Å². The molecule has 2 aromatic carbocycles. The van der Waals surface area contributed by atoms with Crippen LogP contribution in [-0.4, -0.2) is 43.5 Å². The van der Waals surface area contributed by atoms with Crippen LogP contribution in [0, 0.1) is 0 Å². The van der Waals surface area contributed by atoms with E-state index in [-0.39, 0.29) is 12.4 Å². The third-order valence-corrected chi connectivity index (χ3v) is 3.34. The first-order valence-electron chi connectivity index (χ1n) is 8.12. The van der Waals surface area contributed by atoms with E-state index in [2.05, 4.69) is 10.5 Å². The lowest BCUT2D eigenvalue weighted by Gasteiger charge is -2.06. The number of carbonyl (C=O) groups is 2. The number of phenols is 1. The number of aromatic hydroxyl groups is 1. The van der Waals surface area contributed by atoms with E-state index >= 15 is 0 Å². The van der Waals surface area contributed by atoms with Gasteiger partial charge in [0.1, 0.15) is 5.75 Å². The van der Waals surface area contributed by atoms with E-state index in [1.54, 1.807) is 43.3 Å². The first-order chi connectivity index (χ1) is 13.0. The molecule has 0 aliphatic heterocycles. The Bertz CT molecular complexity index is 817. The quantitative estimate of drug-likeness (QED) is 0.418. The molecule has 2 N–H and O–H groups in total. The number of esters is 1. The molecule has 27 heavy (non-hydrogen) atoms. The SMILES string of the molecule is CCOC(=O)c1ccc(OCC(=O)N/N=C/c2ccc(OC)c(O)c2)cc1. The summed E-state index contributed by atoms with van der Waals surface area (Å²) < 4.78 is 15.1. The second-order valence-corrected chi connectivity index (χ2v) is 5.26. The van der Waals surface area contributed by atoms with E-state index in [1.807, 2.05) is 0 Å². The van der Waals surface area contributed by atoms with Crippen molar-refractivity contribution in [1.29, 1.82) is 0 Å². The molecule has 0 atom stereocenters. The number of hydrogen-bond acceptors (Lipinski definition) is 7. The number of benzene rings is 2. The number of nitrogens with zero attached hydrogens (tertiary/aromatic N) is 1. The average molecular weight is 372 g/mol. The van der Waals surface area contributed by atoms with Crippen LogP contribution in [0.4, 0.5) is 0 Å². The average Bonchev–Trinajstić information content (AvgIpc) is 2.67. The number of rotatable bonds is 8. The van der Waals surface area contributed by atoms with Gasteiger partial charge in [-0.25, -0.2) is 10.2 Å². The van der Waals surface area contributed by atoms with Crippen molar-refractivity contribution in [2.75, 3.05) is 20.3 Å². The predicted octanol–water partition coefficient (Wildman–Crippen LogP) is 2.11. The molecule has 0 saturated heterocycles. The summed E-state index contributed by atoms with van der Waals surface area (Å²) in [5.41, 5.74) is 3.31. The largest absolute Gasteiger partial charge is 0.504 e. The highest BCUT2D eigenvalue weighted by molar-refractivity contribution is 5.89. The third-order valence-electron chi connectivity index (χ3n) is 3.34. The van der Waals surface area contributed by atoms with Gasteiger partial charge in [0.05, 0.1) is 25.5 Å². The van der Waals surface area contributed by atoms with Crippen molar-refractivity contribution >= 4 is 18.1 Å². The van der Waals surface area contributed by atoms with Gasteiger partial charge in [-0.05, 0) is 55.0 Å². The Kier molecular flexibility index (Phi) is 7.18. The number of carbonyl (C=O) groups excluding carboxylic acids is 2. The third kappa shape index (κ3) is 6.03. The van der Waals surface area contributed by atoms with Gasteiger partial charge < -0.3 is 19.3 Å². The first-order valence-corrected chi connectivity index (χ1v) is 8.12. The fraction of sp³-hybridized carbons (Fsp3) is 0.211. The molecule has 8 heteroatoms. The lowest BCUT2D eigenvalue weighted by molar-refractivity contribution is -0.123. The lowest BCUT2D eigenvalue weighted by atomic mass is 10.2. The molecular formula is C19H20N2O6. The van der Waals surface area contributed by atoms with E-state index < -0.39 is 11.9 Å². The van der Waals surface area contributed by atoms with Crippen molar-refractivity contribution in [3.8, 4) is 17.2 Å². The molecule has 0 unspecified atom stereocenters. The number of nitrogens with one attached hydrogen (secondary N) is 1. The minimum Gasteiger partial charge on any atom is -0.504 e. The van der Waals surface area contributed by atoms with Crippen LogP contribution >= 0.6 is 0 Å². The molecule has 0 aliphatic rings. The topological polar surface area (TPSA) is 106 Å². The number of ether oxygens (including phenoxy) is 3. The summed E-state index contributed by atoms with van der Waals surface area (Å²) >= 11 is 0. The fourth-order valence-electron chi connectivity index (χ4n) is 2.05. The first kappa shape index (κ1) is 19.8. The molecule has 0 bridgehead atoms. The minimum atomic E-state index is -0.460. The van der Waals surface area contributed by atoms with Crippen molar-refractivity contribution in [3.63, 3.8) is 0 Å². The highest BCUT2D eigenvalue weighted by Gasteiger charge is 2.07. The molecule has 2 aromatic rings. The van der Waals surface area contributed by atoms with E-state index in [1.165, 1.54) is 19.4 Å². The molecule has 0 saturated carbocycles. The van der Waals surface area contributed by atoms with Crippen molar-refractivity contribution in [3.05, 3.63) is 53.6 Å². The maximum absolute atomic E-state index is 11.7. The van der Waals surface area contributed by atoms with Crippen molar-refractivity contribution < 1.29 is 28.9 Å². The molecule has 142 valence electrons. The number of hydrazone groups is 1. The van der Waals surface area contributed by atoms with Crippen LogP contribution in [0.3, 0.4) is 0 Å². The molecule has 2 rings (SSSR count). The smallest absolute Gasteiger partial charge is 0.338 e. The molecule has 0 aliphatic carbocycles. The van der Waals surface area contributed by atoms with Crippen molar-refractivity contribution in [2.24, 2.45) is 5.10 Å². The van der Waals surface area contributed by atoms with Crippen LogP contribution in [0.1, 0.15) is 22.8 Å². The Morgan fingerprint density at radius 3 is 2.56 bits per heavy atom. The zero-order chi connectivity index (χ0) is 19.6. The summed E-state index contributed by atoms with van der Waals surface area (Å²) in [5, 5.41) is 13.5. The highest BCUT2D eigenvalue weighted by atomic mass is 16.5. The molecule has 0 fully saturated rings. The number of phenolic OH excluding ortho intramolecular Hbond substituents is 1. The second-order valence-electron chi connectivity index (χ2n) is 5.26. The summed E-state index contributed by atoms with van der Waals surface area (Å²) in [4.78, 5) is 23.3. The number of amides is 1. The summed E-state index contributed by atoms with van der Waals surface area (Å²) in [7, 11) is 1.45. The standard InChI is InChI=1S/C19H20N2O6/c1-3-26-19(24)14-5-7-15(8-6-14)27-12-18(23)21-20-11-13-4-9-17(25-2)16(22)10-13/h4-11,22H,3,12H2,1-2H3,(H,21,23)/b20-11+. The molecule has 0 aromatic heterocycles. The normalized spacial score (nSPS) is 10.4. The zero-order valence-corrected chi connectivity index (χ0v) is 15.0. The van der Waals surface area contributed by atoms with E-state index in [9.17, 15) is 14.7 Å². The summed E-state index contributed by atoms with van der Waals surface area (Å²) in [6, 6.07) is 11.0. The number of methoxy groups -OCH3 is 1. The van der Waals surface area contributed by atoms with Crippen LogP contribution in [0.25, 0.3) is 0 Å². The van der Waals surface area contributed by atoms with Crippen molar-refractivity contribution in [2.45, 2.75) is 6.92 Å². The monoisotopic (exact) mass is 372 g/mol. The number of hydrogen-bond donors (Lipinski definition) is 2. The highest BCUT2D eigenvalue weighted by Crippen LogP contribution is 2.25. The fourth-order valence-corrected chi connectivity index (χ4v) is 2.05. The maximum Gasteiger partial charge on any atom is 0.338 e. The van der Waals surface area contributed by atoms with Gasteiger partial charge in [0.2, 0.25) is 0 Å². The van der Waals surface area contributed by atoms with Gasteiger partial charge in [-0.3, -0.25) is 4.79 Å². The van der Waals surface area contributed by atoms with Crippen LogP contribution in [0.2, 0.25) is 0 Å². The Hall–Kier alpha value is -3.55. The van der Waals surface area contributed by atoms with Gasteiger partial charge in [0, 0.05) is 0 Å². The molecule has 8 nitrogen and oxygen atoms in total. The van der Waals surface area contributed by atoms with Crippen LogP contribution < -0.4 is 14.9 Å². The Balaban J connectivity index is 1.80. The Labute approximate surface area is 156 Å². The lowest BCUT2D eigenvalue weighted by Crippen LogP contribution is -2.24. The van der Waals surface area contributed by atoms with Gasteiger partial charge in [-0.2, -0.15) is 5.10 Å². The van der Waals surface area contributed by atoms with E-state index in [0.29, 0.717) is 29.2 Å². The summed E-state index contributed by atoms with van der Waals surface area (Å²) in [5.74, 6) is -0.123. The van der Waals surface area contributed by atoms with Crippen LogP contribution in [-0.2, 0) is 9.53 Å².